The minimum atomic E-state index is -0.443. The first kappa shape index (κ1) is 17.5. The molecule has 22 heavy (non-hydrogen) atoms. The lowest BCUT2D eigenvalue weighted by Crippen LogP contribution is -2.54. The summed E-state index contributed by atoms with van der Waals surface area (Å²) in [6.45, 7) is 13.8. The first-order valence-electron chi connectivity index (χ1n) is 8.59. The number of nitrogens with zero attached hydrogens (tertiary/aromatic N) is 1. The highest BCUT2D eigenvalue weighted by molar-refractivity contribution is 5.67. The van der Waals surface area contributed by atoms with Crippen molar-refractivity contribution in [2.45, 2.75) is 59.1 Å². The summed E-state index contributed by atoms with van der Waals surface area (Å²) in [6.07, 6.45) is 2.28. The molecule has 2 aliphatic rings. The third kappa shape index (κ3) is 3.93. The van der Waals surface area contributed by atoms with Crippen molar-refractivity contribution in [2.24, 2.45) is 23.0 Å². The van der Waals surface area contributed by atoms with Crippen LogP contribution in [0.25, 0.3) is 0 Å². The van der Waals surface area contributed by atoms with Gasteiger partial charge in [-0.3, -0.25) is 4.90 Å². The summed E-state index contributed by atoms with van der Waals surface area (Å²) in [5, 5.41) is 2.98. The first-order valence-corrected chi connectivity index (χ1v) is 8.59. The molecule has 2 rings (SSSR count). The fraction of sp³-hybridized carbons (Fsp3) is 0.941. The van der Waals surface area contributed by atoms with Gasteiger partial charge in [0.15, 0.2) is 0 Å². The van der Waals surface area contributed by atoms with Gasteiger partial charge in [-0.25, -0.2) is 4.79 Å². The molecule has 3 N–H and O–H groups in total. The predicted molar refractivity (Wildman–Crippen MR) is 88.6 cm³/mol. The molecule has 0 radical (unpaired) electrons. The maximum Gasteiger partial charge on any atom is 0.407 e. The van der Waals surface area contributed by atoms with Crippen LogP contribution in [0.1, 0.15) is 47.5 Å². The average molecular weight is 311 g/mol. The van der Waals surface area contributed by atoms with Crippen LogP contribution in [0, 0.1) is 17.3 Å². The predicted octanol–water partition coefficient (Wildman–Crippen LogP) is 2.21. The largest absolute Gasteiger partial charge is 0.444 e. The van der Waals surface area contributed by atoms with E-state index in [1.165, 1.54) is 12.8 Å². The third-order valence-corrected chi connectivity index (χ3v) is 5.44. The molecule has 3 unspecified atom stereocenters. The van der Waals surface area contributed by atoms with Crippen LogP contribution in [-0.4, -0.2) is 48.8 Å². The van der Waals surface area contributed by atoms with Crippen LogP contribution >= 0.6 is 0 Å². The first-order chi connectivity index (χ1) is 10.2. The van der Waals surface area contributed by atoms with Crippen LogP contribution in [-0.2, 0) is 4.74 Å². The minimum absolute atomic E-state index is 0.306. The summed E-state index contributed by atoms with van der Waals surface area (Å²) in [4.78, 5) is 14.4. The lowest BCUT2D eigenvalue weighted by Gasteiger charge is -2.45. The Morgan fingerprint density at radius 2 is 2.05 bits per heavy atom. The third-order valence-electron chi connectivity index (χ3n) is 5.44. The van der Waals surface area contributed by atoms with Gasteiger partial charge in [-0.15, -0.1) is 0 Å². The molecule has 1 saturated heterocycles. The van der Waals surface area contributed by atoms with Crippen molar-refractivity contribution in [1.29, 1.82) is 0 Å². The number of alkyl carbamates (subject to hydrolysis) is 1. The highest BCUT2D eigenvalue weighted by Crippen LogP contribution is 2.59. The van der Waals surface area contributed by atoms with E-state index in [9.17, 15) is 4.79 Å². The zero-order valence-corrected chi connectivity index (χ0v) is 14.8. The van der Waals surface area contributed by atoms with Gasteiger partial charge >= 0.3 is 6.09 Å². The van der Waals surface area contributed by atoms with Crippen molar-refractivity contribution in [3.8, 4) is 0 Å². The maximum absolute atomic E-state index is 11.9. The number of carbonyl (C=O) groups excluding carboxylic acids is 1. The zero-order chi connectivity index (χ0) is 16.5. The Balaban J connectivity index is 1.94. The normalized spacial score (nSPS) is 29.2. The van der Waals surface area contributed by atoms with Gasteiger partial charge in [0.25, 0.3) is 0 Å². The van der Waals surface area contributed by atoms with Crippen LogP contribution < -0.4 is 11.1 Å². The Bertz CT molecular complexity index is 401. The number of nitrogens with one attached hydrogen (secondary N) is 1. The minimum Gasteiger partial charge on any atom is -0.444 e. The molecule has 0 aromatic rings. The van der Waals surface area contributed by atoms with E-state index in [4.69, 9.17) is 10.5 Å². The molecule has 1 saturated carbocycles. The molecule has 2 fully saturated rings. The van der Waals surface area contributed by atoms with Crippen LogP contribution in [0.5, 0.6) is 0 Å². The molecule has 1 spiro atoms. The van der Waals surface area contributed by atoms with E-state index in [0.717, 1.165) is 13.1 Å². The lowest BCUT2D eigenvalue weighted by molar-refractivity contribution is 0.0244. The van der Waals surface area contributed by atoms with Crippen LogP contribution in [0.15, 0.2) is 0 Å². The molecule has 0 aromatic carbocycles. The van der Waals surface area contributed by atoms with Crippen molar-refractivity contribution >= 4 is 6.09 Å². The van der Waals surface area contributed by atoms with Crippen LogP contribution in [0.3, 0.4) is 0 Å². The van der Waals surface area contributed by atoms with Gasteiger partial charge in [0.2, 0.25) is 0 Å². The zero-order valence-electron chi connectivity index (χ0n) is 14.8. The van der Waals surface area contributed by atoms with Gasteiger partial charge in [0, 0.05) is 32.2 Å². The molecular weight excluding hydrogens is 278 g/mol. The van der Waals surface area contributed by atoms with Crippen LogP contribution in [0.4, 0.5) is 4.79 Å². The molecule has 1 amide bonds. The highest BCUT2D eigenvalue weighted by Gasteiger charge is 2.56. The Hall–Kier alpha value is -0.810. The average Bonchev–Trinajstić information content (AvgIpc) is 3.19. The topological polar surface area (TPSA) is 67.6 Å². The maximum atomic E-state index is 11.9. The van der Waals surface area contributed by atoms with E-state index in [-0.39, 0.29) is 6.09 Å². The SMILES string of the molecule is CC(CN)N1CC(C)C2(CC2)C(CNC(=O)OC(C)(C)C)C1. The fourth-order valence-electron chi connectivity index (χ4n) is 3.82. The summed E-state index contributed by atoms with van der Waals surface area (Å²) in [7, 11) is 0. The Kier molecular flexibility index (Phi) is 5.07. The summed E-state index contributed by atoms with van der Waals surface area (Å²) < 4.78 is 5.36. The number of rotatable bonds is 4. The molecule has 0 bridgehead atoms. The van der Waals surface area contributed by atoms with Crippen molar-refractivity contribution in [1.82, 2.24) is 10.2 Å². The second-order valence-electron chi connectivity index (χ2n) is 8.25. The van der Waals surface area contributed by atoms with E-state index in [1.54, 1.807) is 0 Å². The number of amides is 1. The van der Waals surface area contributed by atoms with Crippen LogP contribution in [0.2, 0.25) is 0 Å². The number of nitrogens with two attached hydrogens (primary N) is 1. The van der Waals surface area contributed by atoms with E-state index >= 15 is 0 Å². The summed E-state index contributed by atoms with van der Waals surface area (Å²) in [5.74, 6) is 1.17. The van der Waals surface area contributed by atoms with E-state index < -0.39 is 5.60 Å². The fourth-order valence-corrected chi connectivity index (χ4v) is 3.82. The van der Waals surface area contributed by atoms with E-state index in [1.807, 2.05) is 20.8 Å². The molecular formula is C17H33N3O2. The standard InChI is InChI=1S/C17H33N3O2/c1-12-10-20(13(2)8-18)11-14(17(12)6-7-17)9-19-15(21)22-16(3,4)5/h12-14H,6-11,18H2,1-5H3,(H,19,21). The molecule has 1 aliphatic carbocycles. The number of likely N-dealkylation sites (tertiary alicyclic amines) is 1. The monoisotopic (exact) mass is 311 g/mol. The van der Waals surface area contributed by atoms with Gasteiger partial charge < -0.3 is 15.8 Å². The summed E-state index contributed by atoms with van der Waals surface area (Å²) in [5.41, 5.74) is 5.82. The second kappa shape index (κ2) is 6.36. The summed E-state index contributed by atoms with van der Waals surface area (Å²) in [6, 6.07) is 0.405. The van der Waals surface area contributed by atoms with Gasteiger partial charge in [-0.2, -0.15) is 0 Å². The number of ether oxygens (including phenoxy) is 1. The molecule has 0 aromatic heterocycles. The van der Waals surface area contributed by atoms with Gasteiger partial charge in [0.1, 0.15) is 5.60 Å². The number of piperidine rings is 1. The quantitative estimate of drug-likeness (QED) is 0.835. The van der Waals surface area contributed by atoms with E-state index in [2.05, 4.69) is 24.1 Å². The molecule has 5 nitrogen and oxygen atoms in total. The number of hydrogen-bond acceptors (Lipinski definition) is 4. The Labute approximate surface area is 134 Å². The van der Waals surface area contributed by atoms with Crippen molar-refractivity contribution in [3.63, 3.8) is 0 Å². The number of carbonyl (C=O) groups is 1. The van der Waals surface area contributed by atoms with Crippen molar-refractivity contribution < 1.29 is 9.53 Å². The molecule has 5 heteroatoms. The van der Waals surface area contributed by atoms with E-state index in [0.29, 0.717) is 36.4 Å². The molecule has 1 heterocycles. The van der Waals surface area contributed by atoms with Gasteiger partial charge in [-0.05, 0) is 57.8 Å². The molecule has 1 aliphatic heterocycles. The van der Waals surface area contributed by atoms with Crippen molar-refractivity contribution in [3.05, 3.63) is 0 Å². The van der Waals surface area contributed by atoms with Gasteiger partial charge in [-0.1, -0.05) is 6.92 Å². The Morgan fingerprint density at radius 3 is 2.55 bits per heavy atom. The van der Waals surface area contributed by atoms with Gasteiger partial charge in [0.05, 0.1) is 0 Å². The molecule has 3 atom stereocenters. The summed E-state index contributed by atoms with van der Waals surface area (Å²) >= 11 is 0. The highest BCUT2D eigenvalue weighted by atomic mass is 16.6. The van der Waals surface area contributed by atoms with Crippen molar-refractivity contribution in [2.75, 3.05) is 26.2 Å². The smallest absolute Gasteiger partial charge is 0.407 e. The second-order valence-corrected chi connectivity index (χ2v) is 8.25. The number of hydrogen-bond donors (Lipinski definition) is 2. The Morgan fingerprint density at radius 1 is 1.41 bits per heavy atom. The molecule has 128 valence electrons. The lowest BCUT2D eigenvalue weighted by atomic mass is 9.74.